The van der Waals surface area contributed by atoms with E-state index >= 15 is 0 Å². The number of esters is 1. The molecule has 0 aromatic heterocycles. The molecule has 1 amide bonds. The summed E-state index contributed by atoms with van der Waals surface area (Å²) in [6.45, 7) is -0.270. The first kappa shape index (κ1) is 20.5. The number of rotatable bonds is 7. The van der Waals surface area contributed by atoms with Crippen molar-refractivity contribution < 1.29 is 32.6 Å². The van der Waals surface area contributed by atoms with Crippen molar-refractivity contribution in [2.24, 2.45) is 0 Å². The maximum atomic E-state index is 14.1. The second-order valence-electron chi connectivity index (χ2n) is 5.32. The molecule has 7 nitrogen and oxygen atoms in total. The third-order valence-corrected chi connectivity index (χ3v) is 3.31. The van der Waals surface area contributed by atoms with Crippen molar-refractivity contribution in [3.05, 3.63) is 76.8 Å². The van der Waals surface area contributed by atoms with Gasteiger partial charge in [-0.25, -0.2) is 18.4 Å². The molecule has 0 radical (unpaired) electrons. The van der Waals surface area contributed by atoms with Crippen LogP contribution in [-0.2, 0) is 20.9 Å². The Morgan fingerprint density at radius 1 is 1.11 bits per heavy atom. The van der Waals surface area contributed by atoms with Crippen molar-refractivity contribution in [1.29, 1.82) is 0 Å². The first-order valence-corrected chi connectivity index (χ1v) is 7.97. The number of halogens is 2. The summed E-state index contributed by atoms with van der Waals surface area (Å²) in [5, 5.41) is 2.24. The molecule has 1 N–H and O–H groups in total. The van der Waals surface area contributed by atoms with Gasteiger partial charge in [-0.2, -0.15) is 4.79 Å². The fourth-order valence-corrected chi connectivity index (χ4v) is 2.07. The highest BCUT2D eigenvalue weighted by Gasteiger charge is 2.11. The number of carbonyl (C=O) groups excluding carboxylic acids is 2. The van der Waals surface area contributed by atoms with E-state index in [2.05, 4.69) is 14.8 Å². The maximum Gasteiger partial charge on any atom is 0.413 e. The smallest absolute Gasteiger partial charge is 0.413 e. The minimum atomic E-state index is -0.933. The number of carbonyl (C=O) groups is 2. The lowest BCUT2D eigenvalue weighted by Crippen LogP contribution is -2.14. The van der Waals surface area contributed by atoms with E-state index in [4.69, 9.17) is 10.3 Å². The minimum Gasteiger partial charge on any atom is -0.453 e. The Morgan fingerprint density at radius 3 is 2.43 bits per heavy atom. The van der Waals surface area contributed by atoms with Crippen LogP contribution in [0.1, 0.15) is 11.1 Å². The zero-order valence-corrected chi connectivity index (χ0v) is 14.5. The summed E-state index contributed by atoms with van der Waals surface area (Å²) < 4.78 is 37.7. The van der Waals surface area contributed by atoms with E-state index in [1.807, 2.05) is 6.07 Å². The van der Waals surface area contributed by atoms with Gasteiger partial charge < -0.3 is 15.0 Å². The van der Waals surface area contributed by atoms with Gasteiger partial charge in [-0.05, 0) is 29.8 Å². The number of amides is 1. The Bertz CT molecular complexity index is 903. The number of anilines is 1. The highest BCUT2D eigenvalue weighted by molar-refractivity contribution is 6.20. The Labute approximate surface area is 158 Å². The monoisotopic (exact) mass is 387 g/mol. The van der Waals surface area contributed by atoms with E-state index in [0.29, 0.717) is 6.21 Å². The number of nitrogens with one attached hydrogen (secondary N) is 1. The van der Waals surface area contributed by atoms with E-state index in [1.165, 1.54) is 6.08 Å². The van der Waals surface area contributed by atoms with Crippen LogP contribution in [0.3, 0.4) is 0 Å². The maximum absolute atomic E-state index is 14.1. The SMILES string of the molecule is [N-]=[N+]=CC(=O)OC/C=C/c1c(F)cc(NC(=O)OCc2ccccc2)cc1F. The van der Waals surface area contributed by atoms with Crippen LogP contribution >= 0.6 is 0 Å². The lowest BCUT2D eigenvalue weighted by atomic mass is 10.1. The van der Waals surface area contributed by atoms with E-state index in [1.54, 1.807) is 24.3 Å². The van der Waals surface area contributed by atoms with E-state index < -0.39 is 23.7 Å². The molecule has 0 aliphatic carbocycles. The summed E-state index contributed by atoms with van der Waals surface area (Å²) >= 11 is 0. The van der Waals surface area contributed by atoms with Gasteiger partial charge in [0, 0.05) is 11.3 Å². The molecular weight excluding hydrogens is 372 g/mol. The zero-order chi connectivity index (χ0) is 20.4. The topological polar surface area (TPSA) is 101 Å². The summed E-state index contributed by atoms with van der Waals surface area (Å²) in [5.74, 6) is -2.78. The average molecular weight is 387 g/mol. The molecule has 2 aromatic rings. The van der Waals surface area contributed by atoms with Gasteiger partial charge in [0.2, 0.25) is 0 Å². The summed E-state index contributed by atoms with van der Waals surface area (Å²) in [6, 6.07) is 10.8. The molecule has 0 spiro atoms. The normalized spacial score (nSPS) is 10.2. The summed E-state index contributed by atoms with van der Waals surface area (Å²) in [6.07, 6.45) is 1.95. The van der Waals surface area contributed by atoms with E-state index in [0.717, 1.165) is 23.8 Å². The molecule has 144 valence electrons. The highest BCUT2D eigenvalue weighted by atomic mass is 19.1. The molecule has 0 atom stereocenters. The zero-order valence-electron chi connectivity index (χ0n) is 14.5. The number of ether oxygens (including phenoxy) is 2. The summed E-state index contributed by atoms with van der Waals surface area (Å²) in [5.41, 5.74) is 8.41. The van der Waals surface area contributed by atoms with Crippen LogP contribution in [0.15, 0.2) is 48.5 Å². The quantitative estimate of drug-likeness (QED) is 0.340. The Kier molecular flexibility index (Phi) is 7.56. The van der Waals surface area contributed by atoms with E-state index in [-0.39, 0.29) is 24.5 Å². The van der Waals surface area contributed by atoms with Crippen molar-refractivity contribution >= 4 is 30.0 Å². The third-order valence-electron chi connectivity index (χ3n) is 3.31. The molecule has 0 aliphatic heterocycles. The van der Waals surface area contributed by atoms with Crippen LogP contribution in [0.2, 0.25) is 0 Å². The van der Waals surface area contributed by atoms with Crippen LogP contribution in [0.5, 0.6) is 0 Å². The van der Waals surface area contributed by atoms with Gasteiger partial charge >= 0.3 is 18.3 Å². The van der Waals surface area contributed by atoms with E-state index in [9.17, 15) is 18.4 Å². The number of nitrogens with zero attached hydrogens (tertiary/aromatic N) is 2. The molecule has 9 heteroatoms. The number of hydrogen-bond acceptors (Lipinski definition) is 4. The van der Waals surface area contributed by atoms with Gasteiger partial charge in [0.05, 0.1) is 0 Å². The molecule has 0 bridgehead atoms. The molecule has 2 aromatic carbocycles. The Hall–Kier alpha value is -3.84. The minimum absolute atomic E-state index is 0.0121. The highest BCUT2D eigenvalue weighted by Crippen LogP contribution is 2.20. The molecule has 0 unspecified atom stereocenters. The van der Waals surface area contributed by atoms with Crippen LogP contribution in [-0.4, -0.2) is 29.7 Å². The van der Waals surface area contributed by atoms with Crippen LogP contribution < -0.4 is 5.32 Å². The van der Waals surface area contributed by atoms with Crippen molar-refractivity contribution in [2.75, 3.05) is 11.9 Å². The Morgan fingerprint density at radius 2 is 1.79 bits per heavy atom. The average Bonchev–Trinajstić information content (AvgIpc) is 2.66. The van der Waals surface area contributed by atoms with Gasteiger partial charge in [-0.1, -0.05) is 30.3 Å². The molecule has 0 aliphatic rings. The van der Waals surface area contributed by atoms with Crippen LogP contribution in [0.4, 0.5) is 19.3 Å². The van der Waals surface area contributed by atoms with Crippen molar-refractivity contribution in [3.8, 4) is 0 Å². The van der Waals surface area contributed by atoms with Gasteiger partial charge in [0.15, 0.2) is 0 Å². The van der Waals surface area contributed by atoms with Gasteiger partial charge in [-0.3, -0.25) is 5.32 Å². The lowest BCUT2D eigenvalue weighted by Gasteiger charge is -2.09. The number of benzene rings is 2. The molecule has 0 fully saturated rings. The van der Waals surface area contributed by atoms with Crippen LogP contribution in [0.25, 0.3) is 11.6 Å². The molecular formula is C19H15F2N3O4. The molecule has 28 heavy (non-hydrogen) atoms. The molecule has 0 saturated heterocycles. The predicted molar refractivity (Wildman–Crippen MR) is 96.3 cm³/mol. The van der Waals surface area contributed by atoms with Crippen molar-refractivity contribution in [1.82, 2.24) is 0 Å². The van der Waals surface area contributed by atoms with Gasteiger partial charge in [-0.15, -0.1) is 0 Å². The third kappa shape index (κ3) is 6.47. The first-order chi connectivity index (χ1) is 13.5. The largest absolute Gasteiger partial charge is 0.453 e. The molecule has 0 saturated carbocycles. The lowest BCUT2D eigenvalue weighted by molar-refractivity contribution is -0.137. The Balaban J connectivity index is 1.93. The fourth-order valence-electron chi connectivity index (χ4n) is 2.07. The van der Waals surface area contributed by atoms with Gasteiger partial charge in [0.25, 0.3) is 0 Å². The fraction of sp³-hybridized carbons (Fsp3) is 0.105. The molecule has 0 heterocycles. The van der Waals surface area contributed by atoms with Crippen LogP contribution in [0, 0.1) is 11.6 Å². The van der Waals surface area contributed by atoms with Crippen molar-refractivity contribution in [2.45, 2.75) is 6.61 Å². The second kappa shape index (κ2) is 10.3. The molecule has 2 rings (SSSR count). The first-order valence-electron chi connectivity index (χ1n) is 7.97. The number of hydrogen-bond donors (Lipinski definition) is 1. The summed E-state index contributed by atoms with van der Waals surface area (Å²) in [7, 11) is 0. The summed E-state index contributed by atoms with van der Waals surface area (Å²) in [4.78, 5) is 25.1. The second-order valence-corrected chi connectivity index (χ2v) is 5.32. The predicted octanol–water partition coefficient (Wildman–Crippen LogP) is 3.57. The van der Waals surface area contributed by atoms with Gasteiger partial charge in [0.1, 0.15) is 24.8 Å². The van der Waals surface area contributed by atoms with Crippen molar-refractivity contribution in [3.63, 3.8) is 0 Å². The standard InChI is InChI=1S/C19H15F2N3O4/c20-16-9-14(24-19(26)28-12-13-5-2-1-3-6-13)10-17(21)15(16)7-4-8-27-18(25)11-23-22/h1-7,9-11H,8,12H2,(H,24,26)/b7-4+.